The van der Waals surface area contributed by atoms with Gasteiger partial charge in [-0.3, -0.25) is 15.6 Å². The van der Waals surface area contributed by atoms with Gasteiger partial charge >= 0.3 is 5.97 Å². The molecule has 8 heteroatoms. The normalized spacial score (nSPS) is 32.9. The van der Waals surface area contributed by atoms with Crippen molar-refractivity contribution >= 4 is 5.97 Å². The van der Waals surface area contributed by atoms with Gasteiger partial charge in [0.05, 0.1) is 19.8 Å². The number of carbonyl (C=O) groups is 1. The molecule has 3 aliphatic heterocycles. The molecule has 0 aromatic heterocycles. The van der Waals surface area contributed by atoms with Crippen molar-refractivity contribution < 1.29 is 14.3 Å². The molecule has 1 aromatic carbocycles. The average Bonchev–Trinajstić information content (AvgIpc) is 3.35. The van der Waals surface area contributed by atoms with E-state index in [1.165, 1.54) is 5.56 Å². The molecule has 5 atom stereocenters. The number of carbonyl (C=O) groups excluding carboxylic acids is 1. The minimum absolute atomic E-state index is 0.161. The second-order valence-electron chi connectivity index (χ2n) is 7.88. The van der Waals surface area contributed by atoms with Crippen LogP contribution in [0.1, 0.15) is 24.9 Å². The number of hydrogen-bond donors (Lipinski definition) is 4. The highest BCUT2D eigenvalue weighted by Crippen LogP contribution is 2.35. The molecule has 3 saturated heterocycles. The Bertz CT molecular complexity index is 688. The van der Waals surface area contributed by atoms with E-state index in [1.807, 2.05) is 19.1 Å². The van der Waals surface area contributed by atoms with Gasteiger partial charge in [0.1, 0.15) is 11.8 Å². The number of nitrogens with one attached hydrogen (secondary N) is 4. The molecule has 154 valence electrons. The SMILES string of the molecule is CCOC(=O)C1NNCC1CN1CCC2NNC(c3cccc(OC)c3)C2C1. The molecule has 3 aliphatic rings. The summed E-state index contributed by atoms with van der Waals surface area (Å²) < 4.78 is 10.6. The summed E-state index contributed by atoms with van der Waals surface area (Å²) in [5.41, 5.74) is 14.4. The van der Waals surface area contributed by atoms with E-state index < -0.39 is 0 Å². The van der Waals surface area contributed by atoms with Crippen LogP contribution in [0.3, 0.4) is 0 Å². The molecule has 8 nitrogen and oxygen atoms in total. The second-order valence-corrected chi connectivity index (χ2v) is 7.88. The number of hydrazine groups is 2. The highest BCUT2D eigenvalue weighted by Gasteiger charge is 2.42. The summed E-state index contributed by atoms with van der Waals surface area (Å²) in [6.07, 6.45) is 1.09. The highest BCUT2D eigenvalue weighted by molar-refractivity contribution is 5.76. The zero-order chi connectivity index (χ0) is 19.5. The van der Waals surface area contributed by atoms with E-state index in [9.17, 15) is 4.79 Å². The maximum absolute atomic E-state index is 12.2. The first-order valence-corrected chi connectivity index (χ1v) is 10.2. The van der Waals surface area contributed by atoms with E-state index in [1.54, 1.807) is 7.11 Å². The van der Waals surface area contributed by atoms with Crippen molar-refractivity contribution in [3.63, 3.8) is 0 Å². The molecular formula is C20H31N5O3. The monoisotopic (exact) mass is 389 g/mol. The summed E-state index contributed by atoms with van der Waals surface area (Å²) in [6, 6.07) is 8.74. The lowest BCUT2D eigenvalue weighted by molar-refractivity contribution is -0.146. The number of fused-ring (bicyclic) bond motifs is 1. The van der Waals surface area contributed by atoms with Gasteiger partial charge in [-0.15, -0.1) is 0 Å². The quantitative estimate of drug-likeness (QED) is 0.513. The molecule has 28 heavy (non-hydrogen) atoms. The van der Waals surface area contributed by atoms with E-state index >= 15 is 0 Å². The van der Waals surface area contributed by atoms with Crippen molar-refractivity contribution in [2.24, 2.45) is 11.8 Å². The molecular weight excluding hydrogens is 358 g/mol. The van der Waals surface area contributed by atoms with Gasteiger partial charge in [-0.05, 0) is 37.6 Å². The standard InChI is InChI=1S/C20H31N5O3/c1-3-28-20(26)19-14(10-21-23-19)11-25-8-7-17-16(12-25)18(24-22-17)13-5-4-6-15(9-13)27-2/h4-6,9,14,16-19,21-24H,3,7-8,10-12H2,1-2H3. The van der Waals surface area contributed by atoms with Crippen LogP contribution in [-0.2, 0) is 9.53 Å². The molecule has 4 N–H and O–H groups in total. The van der Waals surface area contributed by atoms with Gasteiger partial charge in [-0.1, -0.05) is 12.1 Å². The van der Waals surface area contributed by atoms with Crippen molar-refractivity contribution in [3.8, 4) is 5.75 Å². The summed E-state index contributed by atoms with van der Waals surface area (Å²) in [4.78, 5) is 14.7. The molecule has 0 radical (unpaired) electrons. The number of hydrogen-bond acceptors (Lipinski definition) is 8. The molecule has 0 saturated carbocycles. The van der Waals surface area contributed by atoms with Crippen molar-refractivity contribution in [2.75, 3.05) is 39.9 Å². The molecule has 4 rings (SSSR count). The van der Waals surface area contributed by atoms with E-state index in [0.29, 0.717) is 18.6 Å². The third-order valence-corrected chi connectivity index (χ3v) is 6.17. The van der Waals surface area contributed by atoms with Gasteiger partial charge < -0.3 is 14.4 Å². The Balaban J connectivity index is 1.41. The second kappa shape index (κ2) is 8.75. The van der Waals surface area contributed by atoms with Crippen molar-refractivity contribution in [2.45, 2.75) is 31.5 Å². The lowest BCUT2D eigenvalue weighted by Crippen LogP contribution is -2.49. The van der Waals surface area contributed by atoms with Crippen molar-refractivity contribution in [1.29, 1.82) is 0 Å². The van der Waals surface area contributed by atoms with Crippen LogP contribution in [0, 0.1) is 11.8 Å². The van der Waals surface area contributed by atoms with Gasteiger partial charge in [0.15, 0.2) is 0 Å². The Labute approximate surface area is 166 Å². The van der Waals surface area contributed by atoms with Crippen LogP contribution in [-0.4, -0.2) is 62.8 Å². The Morgan fingerprint density at radius 2 is 2.18 bits per heavy atom. The first-order valence-electron chi connectivity index (χ1n) is 10.2. The number of likely N-dealkylation sites (tertiary alicyclic amines) is 1. The fourth-order valence-corrected chi connectivity index (χ4v) is 4.73. The molecule has 0 bridgehead atoms. The Morgan fingerprint density at radius 1 is 1.29 bits per heavy atom. The molecule has 3 fully saturated rings. The van der Waals surface area contributed by atoms with Crippen LogP contribution in [0.2, 0.25) is 0 Å². The van der Waals surface area contributed by atoms with Crippen LogP contribution in [0.15, 0.2) is 24.3 Å². The summed E-state index contributed by atoms with van der Waals surface area (Å²) in [5, 5.41) is 0. The predicted molar refractivity (Wildman–Crippen MR) is 105 cm³/mol. The third-order valence-electron chi connectivity index (χ3n) is 6.17. The zero-order valence-electron chi connectivity index (χ0n) is 16.6. The van der Waals surface area contributed by atoms with Gasteiger partial charge in [-0.25, -0.2) is 10.9 Å². The number of benzene rings is 1. The average molecular weight is 390 g/mol. The lowest BCUT2D eigenvalue weighted by Gasteiger charge is -2.37. The van der Waals surface area contributed by atoms with E-state index in [2.05, 4.69) is 38.7 Å². The lowest BCUT2D eigenvalue weighted by atomic mass is 9.84. The molecule has 0 aliphatic carbocycles. The summed E-state index contributed by atoms with van der Waals surface area (Å²) >= 11 is 0. The van der Waals surface area contributed by atoms with Gasteiger partial charge in [0.2, 0.25) is 0 Å². The van der Waals surface area contributed by atoms with E-state index in [0.717, 1.165) is 38.3 Å². The van der Waals surface area contributed by atoms with Crippen LogP contribution in [0.5, 0.6) is 5.75 Å². The summed E-state index contributed by atoms with van der Waals surface area (Å²) in [6.45, 7) is 5.96. The number of esters is 1. The fourth-order valence-electron chi connectivity index (χ4n) is 4.73. The van der Waals surface area contributed by atoms with Crippen LogP contribution >= 0.6 is 0 Å². The molecule has 0 amide bonds. The van der Waals surface area contributed by atoms with Gasteiger partial charge in [0, 0.05) is 37.5 Å². The van der Waals surface area contributed by atoms with Crippen molar-refractivity contribution in [1.82, 2.24) is 26.6 Å². The third kappa shape index (κ3) is 4.01. The van der Waals surface area contributed by atoms with Crippen LogP contribution in [0.25, 0.3) is 0 Å². The smallest absolute Gasteiger partial charge is 0.324 e. The number of rotatable bonds is 6. The molecule has 0 spiro atoms. The number of nitrogens with zero attached hydrogens (tertiary/aromatic N) is 1. The van der Waals surface area contributed by atoms with Crippen LogP contribution < -0.4 is 26.4 Å². The van der Waals surface area contributed by atoms with Crippen LogP contribution in [0.4, 0.5) is 0 Å². The fraction of sp³-hybridized carbons (Fsp3) is 0.650. The highest BCUT2D eigenvalue weighted by atomic mass is 16.5. The van der Waals surface area contributed by atoms with E-state index in [4.69, 9.17) is 9.47 Å². The van der Waals surface area contributed by atoms with Gasteiger partial charge in [0.25, 0.3) is 0 Å². The first-order chi connectivity index (χ1) is 13.7. The van der Waals surface area contributed by atoms with Crippen molar-refractivity contribution in [3.05, 3.63) is 29.8 Å². The molecule has 1 aromatic rings. The molecule has 5 unspecified atom stereocenters. The number of piperidine rings is 1. The van der Waals surface area contributed by atoms with E-state index in [-0.39, 0.29) is 24.0 Å². The first kappa shape index (κ1) is 19.6. The Hall–Kier alpha value is -1.71. The maximum Gasteiger partial charge on any atom is 0.324 e. The molecule has 3 heterocycles. The zero-order valence-corrected chi connectivity index (χ0v) is 16.6. The number of methoxy groups -OCH3 is 1. The predicted octanol–water partition coefficient (Wildman–Crippen LogP) is 0.190. The topological polar surface area (TPSA) is 86.9 Å². The maximum atomic E-state index is 12.2. The Kier molecular flexibility index (Phi) is 6.13. The minimum atomic E-state index is -0.272. The number of ether oxygens (including phenoxy) is 2. The largest absolute Gasteiger partial charge is 0.497 e. The summed E-state index contributed by atoms with van der Waals surface area (Å²) in [7, 11) is 1.70. The van der Waals surface area contributed by atoms with Gasteiger partial charge in [-0.2, -0.15) is 0 Å². The summed E-state index contributed by atoms with van der Waals surface area (Å²) in [5.74, 6) is 1.42. The minimum Gasteiger partial charge on any atom is -0.497 e. The Morgan fingerprint density at radius 3 is 3.00 bits per heavy atom.